The number of carbonyl (C=O) groups excluding carboxylic acids is 2. The normalized spacial score (nSPS) is 19.9. The molecule has 2 aromatic carbocycles. The minimum absolute atomic E-state index is 0.0405. The Morgan fingerprint density at radius 2 is 1.64 bits per heavy atom. The topological polar surface area (TPSA) is 34.1 Å². The van der Waals surface area contributed by atoms with Gasteiger partial charge in [-0.05, 0) is 53.3 Å². The molecule has 2 aliphatic rings. The van der Waals surface area contributed by atoms with Crippen molar-refractivity contribution in [1.82, 2.24) is 0 Å². The van der Waals surface area contributed by atoms with Gasteiger partial charge in [-0.1, -0.05) is 44.0 Å². The quantitative estimate of drug-likeness (QED) is 0.633. The van der Waals surface area contributed by atoms with Gasteiger partial charge in [0.15, 0.2) is 11.6 Å². The standard InChI is InChI=1S/C18H10Br2O2/c19-14-4-1-9-7-12(13-8-10(21)2-6-16(13)22)11-3-5-15(20)18(14)17(9)11/h1-6,8,12H,7H2. The predicted octanol–water partition coefficient (Wildman–Crippen LogP) is 4.64. The Hall–Kier alpha value is -1.52. The van der Waals surface area contributed by atoms with Gasteiger partial charge in [0.1, 0.15) is 0 Å². The zero-order valence-electron chi connectivity index (χ0n) is 11.4. The Morgan fingerprint density at radius 3 is 2.41 bits per heavy atom. The molecular weight excluding hydrogens is 408 g/mol. The molecule has 1 atom stereocenters. The SMILES string of the molecule is O=C1C=CC(=O)C(C2Cc3ccc(Br)c4c(Br)ccc2c34)=C1. The lowest BCUT2D eigenvalue weighted by Gasteiger charge is -2.16. The fourth-order valence-electron chi connectivity index (χ4n) is 3.38. The van der Waals surface area contributed by atoms with E-state index < -0.39 is 0 Å². The molecule has 0 spiro atoms. The number of halogens is 2. The zero-order chi connectivity index (χ0) is 15.4. The molecule has 2 nitrogen and oxygen atoms in total. The summed E-state index contributed by atoms with van der Waals surface area (Å²) in [5.74, 6) is -0.214. The van der Waals surface area contributed by atoms with Crippen molar-refractivity contribution in [2.45, 2.75) is 12.3 Å². The third kappa shape index (κ3) is 1.97. The van der Waals surface area contributed by atoms with Gasteiger partial charge in [0.25, 0.3) is 0 Å². The molecule has 0 saturated carbocycles. The van der Waals surface area contributed by atoms with Crippen LogP contribution in [0.25, 0.3) is 10.8 Å². The molecule has 2 aliphatic carbocycles. The molecule has 0 aliphatic heterocycles. The highest BCUT2D eigenvalue weighted by atomic mass is 79.9. The summed E-state index contributed by atoms with van der Waals surface area (Å²) in [5.41, 5.74) is 2.94. The Labute approximate surface area is 144 Å². The number of ketones is 2. The van der Waals surface area contributed by atoms with Gasteiger partial charge in [0.05, 0.1) is 0 Å². The average Bonchev–Trinajstić information content (AvgIpc) is 2.86. The molecule has 0 saturated heterocycles. The van der Waals surface area contributed by atoms with Crippen LogP contribution in [0.15, 0.2) is 57.0 Å². The molecular formula is C18H10Br2O2. The van der Waals surface area contributed by atoms with Crippen molar-refractivity contribution < 1.29 is 9.59 Å². The molecule has 0 aromatic heterocycles. The number of hydrogen-bond donors (Lipinski definition) is 0. The Kier molecular flexibility index (Phi) is 3.20. The largest absolute Gasteiger partial charge is 0.290 e. The van der Waals surface area contributed by atoms with Crippen LogP contribution in [0.4, 0.5) is 0 Å². The first-order chi connectivity index (χ1) is 10.6. The molecule has 4 heteroatoms. The Bertz CT molecular complexity index is 914. The highest BCUT2D eigenvalue weighted by molar-refractivity contribution is 9.11. The highest BCUT2D eigenvalue weighted by Crippen LogP contribution is 2.46. The molecule has 0 amide bonds. The number of rotatable bonds is 1. The second kappa shape index (κ2) is 5.00. The van der Waals surface area contributed by atoms with Gasteiger partial charge < -0.3 is 0 Å². The van der Waals surface area contributed by atoms with E-state index in [-0.39, 0.29) is 17.5 Å². The molecule has 108 valence electrons. The van der Waals surface area contributed by atoms with Gasteiger partial charge in [-0.3, -0.25) is 9.59 Å². The Morgan fingerprint density at radius 1 is 0.909 bits per heavy atom. The number of allylic oxidation sites excluding steroid dienone is 4. The third-order valence-corrected chi connectivity index (χ3v) is 5.66. The van der Waals surface area contributed by atoms with Gasteiger partial charge in [-0.2, -0.15) is 0 Å². The van der Waals surface area contributed by atoms with Gasteiger partial charge >= 0.3 is 0 Å². The summed E-state index contributed by atoms with van der Waals surface area (Å²) in [5, 5.41) is 2.31. The molecule has 0 radical (unpaired) electrons. The van der Waals surface area contributed by atoms with E-state index in [1.54, 1.807) is 0 Å². The van der Waals surface area contributed by atoms with Crippen LogP contribution in [-0.4, -0.2) is 11.6 Å². The first kappa shape index (κ1) is 14.1. The molecule has 0 fully saturated rings. The zero-order valence-corrected chi connectivity index (χ0v) is 14.6. The van der Waals surface area contributed by atoms with Crippen LogP contribution in [0.1, 0.15) is 17.0 Å². The maximum Gasteiger partial charge on any atom is 0.182 e. The minimum Gasteiger partial charge on any atom is -0.290 e. The van der Waals surface area contributed by atoms with E-state index in [4.69, 9.17) is 0 Å². The van der Waals surface area contributed by atoms with Crippen molar-refractivity contribution in [2.24, 2.45) is 0 Å². The van der Waals surface area contributed by atoms with Crippen molar-refractivity contribution in [3.8, 4) is 0 Å². The third-order valence-electron chi connectivity index (χ3n) is 4.33. The van der Waals surface area contributed by atoms with Crippen molar-refractivity contribution in [3.05, 3.63) is 68.1 Å². The summed E-state index contributed by atoms with van der Waals surface area (Å²) < 4.78 is 2.06. The van der Waals surface area contributed by atoms with E-state index in [1.807, 2.05) is 12.1 Å². The van der Waals surface area contributed by atoms with Crippen LogP contribution in [0, 0.1) is 0 Å². The van der Waals surface area contributed by atoms with Crippen LogP contribution in [0.3, 0.4) is 0 Å². The lowest BCUT2D eigenvalue weighted by atomic mass is 9.86. The molecule has 22 heavy (non-hydrogen) atoms. The summed E-state index contributed by atoms with van der Waals surface area (Å²) in [7, 11) is 0. The summed E-state index contributed by atoms with van der Waals surface area (Å²) in [4.78, 5) is 23.9. The summed E-state index contributed by atoms with van der Waals surface area (Å²) in [6.45, 7) is 0. The van der Waals surface area contributed by atoms with Crippen LogP contribution >= 0.6 is 31.9 Å². The summed E-state index contributed by atoms with van der Waals surface area (Å²) in [6.07, 6.45) is 4.96. The van der Waals surface area contributed by atoms with E-state index in [9.17, 15) is 9.59 Å². The van der Waals surface area contributed by atoms with E-state index in [1.165, 1.54) is 29.2 Å². The smallest absolute Gasteiger partial charge is 0.182 e. The molecule has 2 aromatic rings. The second-order valence-corrected chi connectivity index (χ2v) is 7.26. The maximum atomic E-state index is 12.2. The van der Waals surface area contributed by atoms with Gasteiger partial charge in [0, 0.05) is 25.8 Å². The van der Waals surface area contributed by atoms with Crippen LogP contribution in [-0.2, 0) is 16.0 Å². The minimum atomic E-state index is -0.111. The maximum absolute atomic E-state index is 12.2. The second-order valence-electron chi connectivity index (χ2n) is 5.55. The summed E-state index contributed by atoms with van der Waals surface area (Å²) in [6, 6.07) is 8.19. The molecule has 4 rings (SSSR count). The van der Waals surface area contributed by atoms with Gasteiger partial charge in [-0.25, -0.2) is 0 Å². The van der Waals surface area contributed by atoms with Gasteiger partial charge in [-0.15, -0.1) is 0 Å². The fourth-order valence-corrected chi connectivity index (χ4v) is 4.73. The van der Waals surface area contributed by atoms with E-state index in [0.717, 1.165) is 26.3 Å². The van der Waals surface area contributed by atoms with Crippen LogP contribution in [0.2, 0.25) is 0 Å². The van der Waals surface area contributed by atoms with Crippen molar-refractivity contribution in [2.75, 3.05) is 0 Å². The highest BCUT2D eigenvalue weighted by Gasteiger charge is 2.32. The fraction of sp³-hybridized carbons (Fsp3) is 0.111. The van der Waals surface area contributed by atoms with Crippen LogP contribution < -0.4 is 0 Å². The number of carbonyl (C=O) groups is 2. The van der Waals surface area contributed by atoms with Gasteiger partial charge in [0.2, 0.25) is 0 Å². The monoisotopic (exact) mass is 416 g/mol. The lowest BCUT2D eigenvalue weighted by molar-refractivity contribution is -0.114. The first-order valence-electron chi connectivity index (χ1n) is 6.93. The molecule has 0 heterocycles. The summed E-state index contributed by atoms with van der Waals surface area (Å²) >= 11 is 7.21. The number of benzene rings is 2. The van der Waals surface area contributed by atoms with E-state index in [2.05, 4.69) is 44.0 Å². The van der Waals surface area contributed by atoms with Crippen molar-refractivity contribution in [3.63, 3.8) is 0 Å². The first-order valence-corrected chi connectivity index (χ1v) is 8.52. The average molecular weight is 418 g/mol. The molecule has 0 N–H and O–H groups in total. The number of hydrogen-bond acceptors (Lipinski definition) is 2. The van der Waals surface area contributed by atoms with E-state index in [0.29, 0.717) is 5.57 Å². The Balaban J connectivity index is 1.96. The lowest BCUT2D eigenvalue weighted by Crippen LogP contribution is -2.14. The molecule has 1 unspecified atom stereocenters. The van der Waals surface area contributed by atoms with E-state index >= 15 is 0 Å². The molecule has 0 bridgehead atoms. The van der Waals surface area contributed by atoms with Crippen molar-refractivity contribution in [1.29, 1.82) is 0 Å². The predicted molar refractivity (Wildman–Crippen MR) is 93.0 cm³/mol. The van der Waals surface area contributed by atoms with Crippen molar-refractivity contribution >= 4 is 54.2 Å². The van der Waals surface area contributed by atoms with Crippen LogP contribution in [0.5, 0.6) is 0 Å².